The van der Waals surface area contributed by atoms with Crippen LogP contribution in [0.4, 0.5) is 17.1 Å². The third-order valence-corrected chi connectivity index (χ3v) is 2.50. The van der Waals surface area contributed by atoms with Crippen molar-refractivity contribution in [2.45, 2.75) is 6.92 Å². The Morgan fingerprint density at radius 2 is 2.17 bits per heavy atom. The quantitative estimate of drug-likeness (QED) is 0.579. The first-order chi connectivity index (χ1) is 8.47. The molecule has 0 saturated heterocycles. The van der Waals surface area contributed by atoms with Gasteiger partial charge < -0.3 is 16.0 Å². The zero-order chi connectivity index (χ0) is 13.7. The molecule has 0 bridgehead atoms. The molecule has 0 aliphatic carbocycles. The highest BCUT2D eigenvalue weighted by Crippen LogP contribution is 2.26. The summed E-state index contributed by atoms with van der Waals surface area (Å²) in [4.78, 5) is 23.0. The number of nitrogens with two attached hydrogens (primary N) is 1. The van der Waals surface area contributed by atoms with Crippen molar-refractivity contribution < 1.29 is 9.72 Å². The molecule has 1 rings (SSSR count). The first-order valence-corrected chi connectivity index (χ1v) is 5.48. The van der Waals surface area contributed by atoms with Crippen LogP contribution in [0.2, 0.25) is 0 Å². The second-order valence-corrected chi connectivity index (χ2v) is 3.73. The van der Waals surface area contributed by atoms with Crippen LogP contribution in [0.3, 0.4) is 0 Å². The van der Waals surface area contributed by atoms with Crippen LogP contribution in [0, 0.1) is 10.1 Å². The number of anilines is 2. The molecule has 0 spiro atoms. The molecule has 1 aromatic rings. The van der Waals surface area contributed by atoms with Crippen LogP contribution in [0.1, 0.15) is 6.92 Å². The lowest BCUT2D eigenvalue weighted by Gasteiger charge is -2.21. The van der Waals surface area contributed by atoms with Gasteiger partial charge in [-0.05, 0) is 13.0 Å². The molecule has 0 heterocycles. The van der Waals surface area contributed by atoms with Crippen LogP contribution < -0.4 is 16.0 Å². The van der Waals surface area contributed by atoms with Crippen LogP contribution in [0.15, 0.2) is 18.2 Å². The number of nitro groups is 1. The number of hydrogen-bond donors (Lipinski definition) is 2. The molecule has 0 atom stereocenters. The van der Waals surface area contributed by atoms with E-state index in [1.165, 1.54) is 12.1 Å². The van der Waals surface area contributed by atoms with Gasteiger partial charge in [-0.15, -0.1) is 0 Å². The molecule has 7 nitrogen and oxygen atoms in total. The zero-order valence-electron chi connectivity index (χ0n) is 10.3. The molecule has 0 saturated carbocycles. The number of amides is 1. The standard InChI is InChI=1S/C11H16N4O3/c1-3-14(7-11(12)16)9-4-8(13-2)5-10(6-9)15(17)18/h4-6,13H,3,7H2,1-2H3,(H2,12,16). The van der Waals surface area contributed by atoms with Gasteiger partial charge in [-0.25, -0.2) is 0 Å². The maximum atomic E-state index is 10.9. The first-order valence-electron chi connectivity index (χ1n) is 5.48. The van der Waals surface area contributed by atoms with Gasteiger partial charge in [0.05, 0.1) is 11.5 Å². The van der Waals surface area contributed by atoms with E-state index in [1.54, 1.807) is 18.0 Å². The molecule has 18 heavy (non-hydrogen) atoms. The minimum absolute atomic E-state index is 0.0280. The summed E-state index contributed by atoms with van der Waals surface area (Å²) in [6.07, 6.45) is 0. The van der Waals surface area contributed by atoms with Gasteiger partial charge in [0.1, 0.15) is 0 Å². The molecule has 98 valence electrons. The SMILES string of the molecule is CCN(CC(N)=O)c1cc(NC)cc([N+](=O)[O-])c1. The number of non-ortho nitro benzene ring substituents is 1. The monoisotopic (exact) mass is 252 g/mol. The summed E-state index contributed by atoms with van der Waals surface area (Å²) in [5.74, 6) is -0.477. The molecule has 7 heteroatoms. The van der Waals surface area contributed by atoms with Crippen LogP contribution in [0.25, 0.3) is 0 Å². The molecule has 3 N–H and O–H groups in total. The number of benzene rings is 1. The second kappa shape index (κ2) is 5.85. The lowest BCUT2D eigenvalue weighted by molar-refractivity contribution is -0.384. The van der Waals surface area contributed by atoms with Crippen molar-refractivity contribution in [1.29, 1.82) is 0 Å². The van der Waals surface area contributed by atoms with Gasteiger partial charge in [0.2, 0.25) is 5.91 Å². The van der Waals surface area contributed by atoms with Crippen molar-refractivity contribution in [3.8, 4) is 0 Å². The second-order valence-electron chi connectivity index (χ2n) is 3.73. The summed E-state index contributed by atoms with van der Waals surface area (Å²) in [6, 6.07) is 4.59. The largest absolute Gasteiger partial charge is 0.388 e. The fraction of sp³-hybridized carbons (Fsp3) is 0.364. The van der Waals surface area contributed by atoms with Gasteiger partial charge in [-0.3, -0.25) is 14.9 Å². The Labute approximate surface area is 105 Å². The minimum Gasteiger partial charge on any atom is -0.388 e. The topological polar surface area (TPSA) is 102 Å². The van der Waals surface area contributed by atoms with Crippen molar-refractivity contribution in [3.05, 3.63) is 28.3 Å². The highest BCUT2D eigenvalue weighted by molar-refractivity contribution is 5.80. The minimum atomic E-state index is -0.477. The number of likely N-dealkylation sites (N-methyl/N-ethyl adjacent to an activating group) is 1. The van der Waals surface area contributed by atoms with E-state index in [1.807, 2.05) is 6.92 Å². The number of hydrogen-bond acceptors (Lipinski definition) is 5. The van der Waals surface area contributed by atoms with E-state index in [0.29, 0.717) is 17.9 Å². The van der Waals surface area contributed by atoms with E-state index >= 15 is 0 Å². The fourth-order valence-electron chi connectivity index (χ4n) is 1.60. The van der Waals surface area contributed by atoms with Crippen molar-refractivity contribution in [1.82, 2.24) is 0 Å². The lowest BCUT2D eigenvalue weighted by atomic mass is 10.2. The Balaban J connectivity index is 3.16. The fourth-order valence-corrected chi connectivity index (χ4v) is 1.60. The maximum Gasteiger partial charge on any atom is 0.273 e. The van der Waals surface area contributed by atoms with Crippen LogP contribution in [-0.4, -0.2) is 31.0 Å². The summed E-state index contributed by atoms with van der Waals surface area (Å²) >= 11 is 0. The van der Waals surface area contributed by atoms with E-state index < -0.39 is 10.8 Å². The van der Waals surface area contributed by atoms with Crippen LogP contribution in [-0.2, 0) is 4.79 Å². The molecule has 0 fully saturated rings. The smallest absolute Gasteiger partial charge is 0.273 e. The highest BCUT2D eigenvalue weighted by Gasteiger charge is 2.14. The summed E-state index contributed by atoms with van der Waals surface area (Å²) in [5, 5.41) is 13.7. The third kappa shape index (κ3) is 3.34. The van der Waals surface area contributed by atoms with Gasteiger partial charge in [-0.1, -0.05) is 0 Å². The van der Waals surface area contributed by atoms with E-state index in [9.17, 15) is 14.9 Å². The van der Waals surface area contributed by atoms with Gasteiger partial charge in [-0.2, -0.15) is 0 Å². The van der Waals surface area contributed by atoms with E-state index in [-0.39, 0.29) is 12.2 Å². The summed E-state index contributed by atoms with van der Waals surface area (Å²) in [7, 11) is 1.67. The molecule has 0 unspecified atom stereocenters. The Hall–Kier alpha value is -2.31. The highest BCUT2D eigenvalue weighted by atomic mass is 16.6. The number of nitrogens with zero attached hydrogens (tertiary/aromatic N) is 2. The number of rotatable bonds is 6. The number of nitrogens with one attached hydrogen (secondary N) is 1. The average molecular weight is 252 g/mol. The van der Waals surface area contributed by atoms with E-state index in [0.717, 1.165) is 0 Å². The van der Waals surface area contributed by atoms with Crippen molar-refractivity contribution in [2.24, 2.45) is 5.73 Å². The summed E-state index contributed by atoms with van der Waals surface area (Å²) in [6.45, 7) is 2.41. The van der Waals surface area contributed by atoms with E-state index in [2.05, 4.69) is 5.32 Å². The molecule has 0 aliphatic rings. The van der Waals surface area contributed by atoms with Crippen LogP contribution >= 0.6 is 0 Å². The summed E-state index contributed by atoms with van der Waals surface area (Å²) in [5.41, 5.74) is 6.32. The molecule has 0 aliphatic heterocycles. The lowest BCUT2D eigenvalue weighted by Crippen LogP contribution is -2.33. The number of nitro benzene ring substituents is 1. The normalized spacial score (nSPS) is 9.89. The van der Waals surface area contributed by atoms with Crippen molar-refractivity contribution in [3.63, 3.8) is 0 Å². The van der Waals surface area contributed by atoms with Crippen molar-refractivity contribution >= 4 is 23.0 Å². The van der Waals surface area contributed by atoms with E-state index in [4.69, 9.17) is 5.73 Å². The van der Waals surface area contributed by atoms with Crippen molar-refractivity contribution in [2.75, 3.05) is 30.4 Å². The molecular weight excluding hydrogens is 236 g/mol. The predicted octanol–water partition coefficient (Wildman–Crippen LogP) is 0.948. The van der Waals surface area contributed by atoms with Gasteiger partial charge in [0.25, 0.3) is 5.69 Å². The molecule has 1 amide bonds. The number of carbonyl (C=O) groups is 1. The van der Waals surface area contributed by atoms with Gasteiger partial charge in [0, 0.05) is 37.1 Å². The molecular formula is C11H16N4O3. The Bertz CT molecular complexity index is 462. The average Bonchev–Trinajstić information content (AvgIpc) is 2.34. The Morgan fingerprint density at radius 3 is 2.61 bits per heavy atom. The predicted molar refractivity (Wildman–Crippen MR) is 69.7 cm³/mol. The molecule has 1 aromatic carbocycles. The third-order valence-electron chi connectivity index (χ3n) is 2.50. The van der Waals surface area contributed by atoms with Gasteiger partial charge in [0.15, 0.2) is 0 Å². The first kappa shape index (κ1) is 13.8. The Morgan fingerprint density at radius 1 is 1.50 bits per heavy atom. The molecule has 0 radical (unpaired) electrons. The number of carbonyl (C=O) groups excluding carboxylic acids is 1. The molecule has 0 aromatic heterocycles. The summed E-state index contributed by atoms with van der Waals surface area (Å²) < 4.78 is 0. The Kier molecular flexibility index (Phi) is 4.47. The number of primary amides is 1. The maximum absolute atomic E-state index is 10.9. The van der Waals surface area contributed by atoms with Gasteiger partial charge >= 0.3 is 0 Å². The zero-order valence-corrected chi connectivity index (χ0v) is 10.3. The van der Waals surface area contributed by atoms with Crippen LogP contribution in [0.5, 0.6) is 0 Å².